The summed E-state index contributed by atoms with van der Waals surface area (Å²) >= 11 is 0. The second-order valence-corrected chi connectivity index (χ2v) is 7.94. The van der Waals surface area contributed by atoms with E-state index in [2.05, 4.69) is 5.32 Å². The standard InChI is InChI=1S/C19H22N2O5S/c22-19(10-13-26-17-4-2-1-3-5-17)20-16-6-8-18(9-7-16)27(23,24)21-11-14-25-15-12-21/h1-9H,10-15H2,(H,20,22). The van der Waals surface area contributed by atoms with Gasteiger partial charge in [-0.3, -0.25) is 4.79 Å². The number of morpholine rings is 1. The van der Waals surface area contributed by atoms with Crippen LogP contribution in [0.3, 0.4) is 0 Å². The van der Waals surface area contributed by atoms with Crippen LogP contribution in [0, 0.1) is 0 Å². The van der Waals surface area contributed by atoms with Crippen LogP contribution < -0.4 is 10.1 Å². The van der Waals surface area contributed by atoms with Gasteiger partial charge in [-0.2, -0.15) is 4.31 Å². The molecule has 0 radical (unpaired) electrons. The lowest BCUT2D eigenvalue weighted by atomic mass is 10.3. The van der Waals surface area contributed by atoms with Gasteiger partial charge in [-0.05, 0) is 36.4 Å². The van der Waals surface area contributed by atoms with Gasteiger partial charge in [0, 0.05) is 18.8 Å². The first-order valence-corrected chi connectivity index (χ1v) is 10.2. The van der Waals surface area contributed by atoms with Crippen LogP contribution in [-0.2, 0) is 19.6 Å². The largest absolute Gasteiger partial charge is 0.493 e. The molecule has 2 aromatic carbocycles. The average molecular weight is 390 g/mol. The Kier molecular flexibility index (Phi) is 6.44. The number of sulfonamides is 1. The quantitative estimate of drug-likeness (QED) is 0.783. The van der Waals surface area contributed by atoms with E-state index in [1.807, 2.05) is 30.3 Å². The van der Waals surface area contributed by atoms with Gasteiger partial charge >= 0.3 is 0 Å². The van der Waals surface area contributed by atoms with Gasteiger partial charge in [0.2, 0.25) is 15.9 Å². The lowest BCUT2D eigenvalue weighted by molar-refractivity contribution is -0.116. The smallest absolute Gasteiger partial charge is 0.243 e. The molecule has 1 fully saturated rings. The van der Waals surface area contributed by atoms with Crippen LogP contribution in [0.4, 0.5) is 5.69 Å². The minimum atomic E-state index is -3.53. The van der Waals surface area contributed by atoms with Crippen molar-refractivity contribution in [2.24, 2.45) is 0 Å². The fourth-order valence-corrected chi connectivity index (χ4v) is 4.06. The summed E-state index contributed by atoms with van der Waals surface area (Å²) < 4.78 is 37.2. The third kappa shape index (κ3) is 5.29. The molecule has 0 spiro atoms. The summed E-state index contributed by atoms with van der Waals surface area (Å²) in [5, 5.41) is 2.74. The van der Waals surface area contributed by atoms with Crippen molar-refractivity contribution < 1.29 is 22.7 Å². The van der Waals surface area contributed by atoms with Crippen LogP contribution in [0.15, 0.2) is 59.5 Å². The van der Waals surface area contributed by atoms with E-state index in [1.165, 1.54) is 16.4 Å². The summed E-state index contributed by atoms with van der Waals surface area (Å²) in [6, 6.07) is 15.4. The maximum atomic E-state index is 12.6. The van der Waals surface area contributed by atoms with E-state index in [4.69, 9.17) is 9.47 Å². The molecular weight excluding hydrogens is 368 g/mol. The number of nitrogens with one attached hydrogen (secondary N) is 1. The van der Waals surface area contributed by atoms with E-state index in [9.17, 15) is 13.2 Å². The molecule has 1 heterocycles. The molecule has 0 unspecified atom stereocenters. The van der Waals surface area contributed by atoms with Crippen LogP contribution >= 0.6 is 0 Å². The number of nitrogens with zero attached hydrogens (tertiary/aromatic N) is 1. The highest BCUT2D eigenvalue weighted by atomic mass is 32.2. The number of benzene rings is 2. The molecule has 7 nitrogen and oxygen atoms in total. The second-order valence-electron chi connectivity index (χ2n) is 6.00. The van der Waals surface area contributed by atoms with Gasteiger partial charge in [-0.1, -0.05) is 18.2 Å². The Morgan fingerprint density at radius 1 is 1.04 bits per heavy atom. The molecule has 0 saturated carbocycles. The highest BCUT2D eigenvalue weighted by molar-refractivity contribution is 7.89. The Bertz CT molecular complexity index is 847. The normalized spacial score (nSPS) is 15.3. The first kappa shape index (κ1) is 19.3. The van der Waals surface area contributed by atoms with Gasteiger partial charge in [0.25, 0.3) is 0 Å². The van der Waals surface area contributed by atoms with Crippen LogP contribution in [0.1, 0.15) is 6.42 Å². The van der Waals surface area contributed by atoms with Crippen molar-refractivity contribution in [3.05, 3.63) is 54.6 Å². The number of anilines is 1. The number of para-hydroxylation sites is 1. The molecule has 0 atom stereocenters. The molecule has 144 valence electrons. The molecule has 1 aliphatic heterocycles. The van der Waals surface area contributed by atoms with Crippen LogP contribution in [-0.4, -0.2) is 51.5 Å². The Morgan fingerprint density at radius 3 is 2.37 bits per heavy atom. The van der Waals surface area contributed by atoms with Gasteiger partial charge in [0.1, 0.15) is 5.75 Å². The minimum Gasteiger partial charge on any atom is -0.493 e. The number of amides is 1. The molecule has 0 bridgehead atoms. The molecule has 0 aromatic heterocycles. The summed E-state index contributed by atoms with van der Waals surface area (Å²) in [7, 11) is -3.53. The van der Waals surface area contributed by atoms with E-state index < -0.39 is 10.0 Å². The van der Waals surface area contributed by atoms with E-state index in [0.717, 1.165) is 0 Å². The zero-order valence-corrected chi connectivity index (χ0v) is 15.7. The zero-order valence-electron chi connectivity index (χ0n) is 14.8. The van der Waals surface area contributed by atoms with Gasteiger partial charge < -0.3 is 14.8 Å². The predicted octanol–water partition coefficient (Wildman–Crippen LogP) is 2.12. The molecule has 8 heteroatoms. The molecule has 1 N–H and O–H groups in total. The lowest BCUT2D eigenvalue weighted by Crippen LogP contribution is -2.40. The third-order valence-corrected chi connectivity index (χ3v) is 6.00. The highest BCUT2D eigenvalue weighted by Crippen LogP contribution is 2.19. The van der Waals surface area contributed by atoms with Gasteiger partial charge in [0.15, 0.2) is 0 Å². The molecule has 2 aromatic rings. The van der Waals surface area contributed by atoms with Crippen molar-refractivity contribution in [3.63, 3.8) is 0 Å². The minimum absolute atomic E-state index is 0.197. The third-order valence-electron chi connectivity index (χ3n) is 4.09. The lowest BCUT2D eigenvalue weighted by Gasteiger charge is -2.26. The molecule has 27 heavy (non-hydrogen) atoms. The van der Waals surface area contributed by atoms with Crippen molar-refractivity contribution >= 4 is 21.6 Å². The van der Waals surface area contributed by atoms with Crippen LogP contribution in [0.25, 0.3) is 0 Å². The maximum Gasteiger partial charge on any atom is 0.243 e. The van der Waals surface area contributed by atoms with Crippen molar-refractivity contribution in [3.8, 4) is 5.75 Å². The highest BCUT2D eigenvalue weighted by Gasteiger charge is 2.26. The average Bonchev–Trinajstić information content (AvgIpc) is 2.70. The molecule has 0 aliphatic carbocycles. The van der Waals surface area contributed by atoms with Crippen molar-refractivity contribution in [1.82, 2.24) is 4.31 Å². The Labute approximate surface area is 158 Å². The number of carbonyl (C=O) groups is 1. The summed E-state index contributed by atoms with van der Waals surface area (Å²) in [5.74, 6) is 0.512. The van der Waals surface area contributed by atoms with Crippen LogP contribution in [0.5, 0.6) is 5.75 Å². The molecule has 1 amide bonds. The summed E-state index contributed by atoms with van der Waals surface area (Å²) in [5.41, 5.74) is 0.542. The summed E-state index contributed by atoms with van der Waals surface area (Å²) in [6.07, 6.45) is 0.197. The number of hydrogen-bond donors (Lipinski definition) is 1. The summed E-state index contributed by atoms with van der Waals surface area (Å²) in [6.45, 7) is 1.76. The predicted molar refractivity (Wildman–Crippen MR) is 101 cm³/mol. The zero-order chi connectivity index (χ0) is 19.1. The van der Waals surface area contributed by atoms with Crippen molar-refractivity contribution in [2.75, 3.05) is 38.2 Å². The van der Waals surface area contributed by atoms with E-state index in [0.29, 0.717) is 37.7 Å². The van der Waals surface area contributed by atoms with E-state index >= 15 is 0 Å². The van der Waals surface area contributed by atoms with Gasteiger partial charge in [-0.25, -0.2) is 8.42 Å². The molecule has 3 rings (SSSR count). The number of ether oxygens (including phenoxy) is 2. The summed E-state index contributed by atoms with van der Waals surface area (Å²) in [4.78, 5) is 12.2. The fraction of sp³-hybridized carbons (Fsp3) is 0.316. The first-order valence-electron chi connectivity index (χ1n) is 8.71. The first-order chi connectivity index (χ1) is 13.1. The second kappa shape index (κ2) is 8.98. The van der Waals surface area contributed by atoms with Crippen LogP contribution in [0.2, 0.25) is 0 Å². The molecule has 1 saturated heterocycles. The van der Waals surface area contributed by atoms with Crippen molar-refractivity contribution in [2.45, 2.75) is 11.3 Å². The molecular formula is C19H22N2O5S. The van der Waals surface area contributed by atoms with Gasteiger partial charge in [-0.15, -0.1) is 0 Å². The Hall–Kier alpha value is -2.42. The SMILES string of the molecule is O=C(CCOc1ccccc1)Nc1ccc(S(=O)(=O)N2CCOCC2)cc1. The monoisotopic (exact) mass is 390 g/mol. The number of hydrogen-bond acceptors (Lipinski definition) is 5. The maximum absolute atomic E-state index is 12.6. The number of rotatable bonds is 7. The Balaban J connectivity index is 1.51. The number of carbonyl (C=O) groups excluding carboxylic acids is 1. The topological polar surface area (TPSA) is 84.9 Å². The Morgan fingerprint density at radius 2 is 1.70 bits per heavy atom. The fourth-order valence-electron chi connectivity index (χ4n) is 2.65. The van der Waals surface area contributed by atoms with E-state index in [1.54, 1.807) is 12.1 Å². The molecule has 1 aliphatic rings. The van der Waals surface area contributed by atoms with Gasteiger partial charge in [0.05, 0.1) is 31.1 Å². The van der Waals surface area contributed by atoms with E-state index in [-0.39, 0.29) is 23.8 Å². The van der Waals surface area contributed by atoms with Crippen molar-refractivity contribution in [1.29, 1.82) is 0 Å².